The Morgan fingerprint density at radius 1 is 1.08 bits per heavy atom. The number of nitrogens with one attached hydrogen (secondary N) is 1. The van der Waals surface area contributed by atoms with Crippen molar-refractivity contribution in [3.8, 4) is 0 Å². The molecule has 0 radical (unpaired) electrons. The van der Waals surface area contributed by atoms with Gasteiger partial charge in [0.25, 0.3) is 0 Å². The first-order valence-electron chi connectivity index (χ1n) is 7.87. The van der Waals surface area contributed by atoms with Crippen LogP contribution in [0.3, 0.4) is 0 Å². The van der Waals surface area contributed by atoms with Crippen LogP contribution >= 0.6 is 0 Å². The maximum atomic E-state index is 11.3. The van der Waals surface area contributed by atoms with Gasteiger partial charge >= 0.3 is 0 Å². The predicted molar refractivity (Wildman–Crippen MR) is 94.9 cm³/mol. The van der Waals surface area contributed by atoms with Crippen LogP contribution in [0.4, 0.5) is 0 Å². The van der Waals surface area contributed by atoms with Crippen LogP contribution in [-0.2, 0) is 7.05 Å². The Morgan fingerprint density at radius 2 is 1.79 bits per heavy atom. The van der Waals surface area contributed by atoms with Crippen molar-refractivity contribution in [2.24, 2.45) is 7.05 Å². The molecule has 120 valence electrons. The Hall–Kier alpha value is -3.08. The normalized spacial score (nSPS) is 12.7. The zero-order valence-corrected chi connectivity index (χ0v) is 13.3. The topological polar surface area (TPSA) is 63.9 Å². The molecule has 1 N–H and O–H groups in total. The Bertz CT molecular complexity index is 1050. The molecule has 24 heavy (non-hydrogen) atoms. The molecule has 0 amide bonds. The van der Waals surface area contributed by atoms with Crippen molar-refractivity contribution in [3.63, 3.8) is 0 Å². The van der Waals surface area contributed by atoms with Crippen molar-refractivity contribution >= 4 is 21.8 Å². The van der Waals surface area contributed by atoms with Gasteiger partial charge in [0.2, 0.25) is 6.54 Å². The second-order valence-electron chi connectivity index (χ2n) is 6.07. The summed E-state index contributed by atoms with van der Waals surface area (Å²) in [5.74, 6) is -0.290. The number of H-pyrrole nitrogens is 1. The van der Waals surface area contributed by atoms with Gasteiger partial charge in [0.15, 0.2) is 0 Å². The first-order chi connectivity index (χ1) is 11.6. The van der Waals surface area contributed by atoms with Crippen molar-refractivity contribution in [2.45, 2.75) is 5.92 Å². The number of aromatic nitrogens is 2. The van der Waals surface area contributed by atoms with Gasteiger partial charge in [0, 0.05) is 46.2 Å². The number of benzene rings is 2. The lowest BCUT2D eigenvalue weighted by Crippen LogP contribution is -2.13. The van der Waals surface area contributed by atoms with Crippen molar-refractivity contribution in [3.05, 3.63) is 82.2 Å². The third-order valence-electron chi connectivity index (χ3n) is 4.63. The van der Waals surface area contributed by atoms with Gasteiger partial charge in [-0.3, -0.25) is 10.1 Å². The van der Waals surface area contributed by atoms with Crippen LogP contribution in [0.25, 0.3) is 21.8 Å². The van der Waals surface area contributed by atoms with Crippen LogP contribution < -0.4 is 0 Å². The van der Waals surface area contributed by atoms with E-state index in [4.69, 9.17) is 0 Å². The third kappa shape index (κ3) is 2.25. The average molecular weight is 319 g/mol. The Kier molecular flexibility index (Phi) is 3.34. The van der Waals surface area contributed by atoms with Gasteiger partial charge in [-0.2, -0.15) is 0 Å². The van der Waals surface area contributed by atoms with Crippen molar-refractivity contribution in [2.75, 3.05) is 6.54 Å². The first kappa shape index (κ1) is 14.5. The summed E-state index contributed by atoms with van der Waals surface area (Å²) in [6.45, 7) is -0.129. The molecule has 0 aliphatic heterocycles. The molecule has 5 heteroatoms. The molecule has 0 bridgehead atoms. The van der Waals surface area contributed by atoms with E-state index in [-0.39, 0.29) is 17.4 Å². The number of nitrogens with zero attached hydrogens (tertiary/aromatic N) is 2. The minimum Gasteiger partial charge on any atom is -0.361 e. The van der Waals surface area contributed by atoms with E-state index in [9.17, 15) is 10.1 Å². The number of fused-ring (bicyclic) bond motifs is 2. The minimum absolute atomic E-state index is 0.129. The highest BCUT2D eigenvalue weighted by atomic mass is 16.6. The average Bonchev–Trinajstić information content (AvgIpc) is 3.15. The third-order valence-corrected chi connectivity index (χ3v) is 4.63. The molecule has 0 aliphatic rings. The molecule has 0 spiro atoms. The second-order valence-corrected chi connectivity index (χ2v) is 6.07. The number of aromatic amines is 1. The molecule has 1 atom stereocenters. The maximum Gasteiger partial charge on any atom is 0.214 e. The van der Waals surface area contributed by atoms with Gasteiger partial charge in [0.05, 0.1) is 5.92 Å². The molecule has 0 aliphatic carbocycles. The molecule has 2 aromatic heterocycles. The first-order valence-corrected chi connectivity index (χ1v) is 7.87. The fourth-order valence-electron chi connectivity index (χ4n) is 3.55. The summed E-state index contributed by atoms with van der Waals surface area (Å²) in [5.41, 5.74) is 4.05. The van der Waals surface area contributed by atoms with E-state index in [1.54, 1.807) is 0 Å². The maximum absolute atomic E-state index is 11.3. The summed E-state index contributed by atoms with van der Waals surface area (Å²) < 4.78 is 2.03. The van der Waals surface area contributed by atoms with Crippen molar-refractivity contribution in [1.29, 1.82) is 0 Å². The molecule has 2 heterocycles. The molecule has 2 aromatic carbocycles. The zero-order valence-electron chi connectivity index (χ0n) is 13.3. The Labute approximate surface area is 138 Å². The monoisotopic (exact) mass is 319 g/mol. The predicted octanol–water partition coefficient (Wildman–Crippen LogP) is 4.07. The quantitative estimate of drug-likeness (QED) is 0.455. The molecule has 0 fully saturated rings. The van der Waals surface area contributed by atoms with Gasteiger partial charge in [-0.05, 0) is 23.3 Å². The van der Waals surface area contributed by atoms with E-state index in [0.717, 1.165) is 32.9 Å². The Balaban J connectivity index is 1.95. The minimum atomic E-state index is -0.290. The molecule has 0 saturated heterocycles. The van der Waals surface area contributed by atoms with E-state index < -0.39 is 0 Å². The lowest BCUT2D eigenvalue weighted by atomic mass is 9.91. The highest BCUT2D eigenvalue weighted by Crippen LogP contribution is 2.35. The summed E-state index contributed by atoms with van der Waals surface area (Å²) in [6, 6.07) is 16.0. The van der Waals surface area contributed by atoms with Crippen molar-refractivity contribution in [1.82, 2.24) is 9.55 Å². The van der Waals surface area contributed by atoms with Crippen molar-refractivity contribution < 1.29 is 4.92 Å². The summed E-state index contributed by atoms with van der Waals surface area (Å²) in [5, 5.41) is 13.5. The summed E-state index contributed by atoms with van der Waals surface area (Å²) in [4.78, 5) is 14.4. The molecular formula is C19H17N3O2. The summed E-state index contributed by atoms with van der Waals surface area (Å²) >= 11 is 0. The van der Waals surface area contributed by atoms with E-state index in [2.05, 4.69) is 4.98 Å². The zero-order chi connectivity index (χ0) is 16.7. The van der Waals surface area contributed by atoms with Gasteiger partial charge in [-0.1, -0.05) is 36.4 Å². The highest BCUT2D eigenvalue weighted by Gasteiger charge is 2.26. The summed E-state index contributed by atoms with van der Waals surface area (Å²) in [7, 11) is 1.98. The van der Waals surface area contributed by atoms with Crippen LogP contribution in [0.5, 0.6) is 0 Å². The fraction of sp³-hybridized carbons (Fsp3) is 0.158. The molecule has 1 unspecified atom stereocenters. The largest absolute Gasteiger partial charge is 0.361 e. The van der Waals surface area contributed by atoms with Gasteiger partial charge in [-0.25, -0.2) is 0 Å². The number of para-hydroxylation sites is 2. The number of hydrogen-bond donors (Lipinski definition) is 1. The van der Waals surface area contributed by atoms with Crippen LogP contribution in [0, 0.1) is 10.1 Å². The molecule has 0 saturated carbocycles. The smallest absolute Gasteiger partial charge is 0.214 e. The number of aryl methyl sites for hydroxylation is 1. The second kappa shape index (κ2) is 5.53. The molecule has 5 nitrogen and oxygen atoms in total. The standard InChI is InChI=1S/C19H17N3O2/c1-21-11-16(14-7-3-5-9-19(14)21)17(12-22(23)24)15-10-20-18-8-4-2-6-13(15)18/h2-11,17,20H,12H2,1H3. The Morgan fingerprint density at radius 3 is 2.58 bits per heavy atom. The molecular weight excluding hydrogens is 302 g/mol. The molecule has 4 rings (SSSR count). The number of hydrogen-bond acceptors (Lipinski definition) is 2. The lowest BCUT2D eigenvalue weighted by Gasteiger charge is -2.12. The van der Waals surface area contributed by atoms with Gasteiger partial charge < -0.3 is 9.55 Å². The van der Waals surface area contributed by atoms with Crippen LogP contribution in [0.2, 0.25) is 0 Å². The number of nitro groups is 1. The van der Waals surface area contributed by atoms with Gasteiger partial charge in [-0.15, -0.1) is 0 Å². The highest BCUT2D eigenvalue weighted by molar-refractivity contribution is 5.88. The van der Waals surface area contributed by atoms with Crippen LogP contribution in [0.1, 0.15) is 17.0 Å². The molecule has 4 aromatic rings. The lowest BCUT2D eigenvalue weighted by molar-refractivity contribution is -0.481. The van der Waals surface area contributed by atoms with Gasteiger partial charge in [0.1, 0.15) is 0 Å². The van der Waals surface area contributed by atoms with E-state index in [1.807, 2.05) is 72.5 Å². The fourth-order valence-corrected chi connectivity index (χ4v) is 3.55. The SMILES string of the molecule is Cn1cc(C(C[N+](=O)[O-])c2c[nH]c3ccccc23)c2ccccc21. The van der Waals surface area contributed by atoms with Crippen LogP contribution in [0.15, 0.2) is 60.9 Å². The number of rotatable bonds is 4. The van der Waals surface area contributed by atoms with E-state index in [1.165, 1.54) is 0 Å². The van der Waals surface area contributed by atoms with E-state index >= 15 is 0 Å². The van der Waals surface area contributed by atoms with Crippen LogP contribution in [-0.4, -0.2) is 21.0 Å². The van der Waals surface area contributed by atoms with E-state index in [0.29, 0.717) is 0 Å². The summed E-state index contributed by atoms with van der Waals surface area (Å²) in [6.07, 6.45) is 3.92.